The monoisotopic (exact) mass is 911 g/mol. The van der Waals surface area contributed by atoms with E-state index in [1.165, 1.54) is 128 Å². The van der Waals surface area contributed by atoms with Gasteiger partial charge < -0.3 is 29.2 Å². The molecule has 378 valence electrons. The molecule has 0 spiro atoms. The number of hydrogen-bond donors (Lipinski definition) is 2. The fraction of sp³-hybridized carbons (Fsp3) is 0.926. The van der Waals surface area contributed by atoms with Gasteiger partial charge in [0.15, 0.2) is 18.3 Å². The maximum atomic E-state index is 13.5. The van der Waals surface area contributed by atoms with Gasteiger partial charge in [-0.15, -0.1) is 0 Å². The van der Waals surface area contributed by atoms with Gasteiger partial charge in [-0.3, -0.25) is 19.2 Å². The van der Waals surface area contributed by atoms with Crippen LogP contribution in [0, 0.1) is 0 Å². The topological polar surface area (TPSA) is 146 Å². The van der Waals surface area contributed by atoms with Crippen LogP contribution in [-0.4, -0.2) is 71.7 Å². The van der Waals surface area contributed by atoms with Gasteiger partial charge in [-0.2, -0.15) is 0 Å². The van der Waals surface area contributed by atoms with Crippen LogP contribution in [0.25, 0.3) is 0 Å². The predicted octanol–water partition coefficient (Wildman–Crippen LogP) is 14.3. The van der Waals surface area contributed by atoms with Gasteiger partial charge in [0.1, 0.15) is 12.7 Å². The second-order valence-corrected chi connectivity index (χ2v) is 18.7. The van der Waals surface area contributed by atoms with E-state index >= 15 is 0 Å². The highest BCUT2D eigenvalue weighted by Crippen LogP contribution is 2.22. The SMILES string of the molecule is CCCCCCCCCCCC(=O)OC[C@H](OC(=O)CCCCCCCCCCC)[C@@H](OC(=O)CCCCCCCCCCC)[C@H](OC(=O)CCCCCCCCCCC)[C@H](O)CO. The van der Waals surface area contributed by atoms with Crippen molar-refractivity contribution in [2.45, 2.75) is 309 Å². The van der Waals surface area contributed by atoms with Gasteiger partial charge in [0, 0.05) is 25.7 Å². The molecule has 4 atom stereocenters. The Kier molecular flexibility index (Phi) is 45.7. The van der Waals surface area contributed by atoms with E-state index in [0.29, 0.717) is 25.7 Å². The van der Waals surface area contributed by atoms with Crippen molar-refractivity contribution in [1.29, 1.82) is 0 Å². The summed E-state index contributed by atoms with van der Waals surface area (Å²) in [6.07, 6.45) is 33.3. The molecule has 0 heterocycles. The highest BCUT2D eigenvalue weighted by molar-refractivity contribution is 5.72. The second-order valence-electron chi connectivity index (χ2n) is 18.7. The number of aliphatic hydroxyl groups excluding tert-OH is 2. The molecule has 0 saturated carbocycles. The predicted molar refractivity (Wildman–Crippen MR) is 261 cm³/mol. The van der Waals surface area contributed by atoms with Crippen molar-refractivity contribution < 1.29 is 48.3 Å². The largest absolute Gasteiger partial charge is 0.462 e. The van der Waals surface area contributed by atoms with Crippen LogP contribution in [0.4, 0.5) is 0 Å². The van der Waals surface area contributed by atoms with Crippen molar-refractivity contribution >= 4 is 23.9 Å². The molecule has 0 saturated heterocycles. The van der Waals surface area contributed by atoms with Crippen LogP contribution in [-0.2, 0) is 38.1 Å². The van der Waals surface area contributed by atoms with Crippen LogP contribution >= 0.6 is 0 Å². The quantitative estimate of drug-likeness (QED) is 0.0344. The first kappa shape index (κ1) is 61.8. The minimum absolute atomic E-state index is 0.0815. The van der Waals surface area contributed by atoms with Gasteiger partial charge >= 0.3 is 23.9 Å². The van der Waals surface area contributed by atoms with E-state index in [2.05, 4.69) is 27.7 Å². The van der Waals surface area contributed by atoms with E-state index in [0.717, 1.165) is 77.0 Å². The van der Waals surface area contributed by atoms with Gasteiger partial charge in [0.25, 0.3) is 0 Å². The van der Waals surface area contributed by atoms with E-state index in [9.17, 15) is 29.4 Å². The first-order chi connectivity index (χ1) is 31.2. The Morgan fingerprint density at radius 2 is 0.594 bits per heavy atom. The minimum atomic E-state index is -1.64. The molecule has 0 unspecified atom stereocenters. The first-order valence-electron chi connectivity index (χ1n) is 27.3. The molecule has 0 aliphatic heterocycles. The lowest BCUT2D eigenvalue weighted by atomic mass is 10.0. The maximum absolute atomic E-state index is 13.5. The number of rotatable bonds is 49. The minimum Gasteiger partial charge on any atom is -0.462 e. The Balaban J connectivity index is 5.94. The van der Waals surface area contributed by atoms with E-state index in [-0.39, 0.29) is 25.7 Å². The van der Waals surface area contributed by atoms with Crippen LogP contribution in [0.2, 0.25) is 0 Å². The van der Waals surface area contributed by atoms with E-state index < -0.39 is 61.5 Å². The van der Waals surface area contributed by atoms with Crippen LogP contribution in [0.15, 0.2) is 0 Å². The number of unbranched alkanes of at least 4 members (excludes halogenated alkanes) is 32. The van der Waals surface area contributed by atoms with E-state index in [1.807, 2.05) is 0 Å². The average molecular weight is 911 g/mol. The summed E-state index contributed by atoms with van der Waals surface area (Å²) >= 11 is 0. The molecule has 0 fully saturated rings. The third kappa shape index (κ3) is 39.0. The maximum Gasteiger partial charge on any atom is 0.306 e. The molecule has 0 aliphatic rings. The third-order valence-corrected chi connectivity index (χ3v) is 12.4. The van der Waals surface area contributed by atoms with Crippen molar-refractivity contribution in [3.05, 3.63) is 0 Å². The molecule has 0 aliphatic carbocycles. The molecule has 64 heavy (non-hydrogen) atoms. The summed E-state index contributed by atoms with van der Waals surface area (Å²) in [5, 5.41) is 21.4. The zero-order valence-corrected chi connectivity index (χ0v) is 42.2. The summed E-state index contributed by atoms with van der Waals surface area (Å²) in [4.78, 5) is 53.5. The fourth-order valence-electron chi connectivity index (χ4n) is 8.24. The molecular formula is C54H102O10. The van der Waals surface area contributed by atoms with E-state index in [1.54, 1.807) is 0 Å². The average Bonchev–Trinajstić information content (AvgIpc) is 3.29. The zero-order chi connectivity index (χ0) is 47.1. The van der Waals surface area contributed by atoms with Crippen molar-refractivity contribution in [3.8, 4) is 0 Å². The summed E-state index contributed by atoms with van der Waals surface area (Å²) in [5.74, 6) is -2.23. The lowest BCUT2D eigenvalue weighted by Crippen LogP contribution is -2.53. The lowest BCUT2D eigenvalue weighted by molar-refractivity contribution is -0.202. The van der Waals surface area contributed by atoms with Crippen molar-refractivity contribution in [1.82, 2.24) is 0 Å². The van der Waals surface area contributed by atoms with Gasteiger partial charge in [-0.25, -0.2) is 0 Å². The number of ether oxygens (including phenoxy) is 4. The molecule has 10 nitrogen and oxygen atoms in total. The molecule has 0 aromatic rings. The molecular weight excluding hydrogens is 809 g/mol. The summed E-state index contributed by atoms with van der Waals surface area (Å²) < 4.78 is 23.5. The van der Waals surface area contributed by atoms with Crippen molar-refractivity contribution in [2.75, 3.05) is 13.2 Å². The normalized spacial score (nSPS) is 13.3. The standard InChI is InChI=1S/C54H102O10/c1-5-9-13-17-21-25-29-33-37-41-49(57)61-46-48(62-50(58)42-38-34-30-26-22-18-14-10-6-2)54(64-52(60)44-40-36-32-28-24-20-16-12-8-4)53(47(56)45-55)63-51(59)43-39-35-31-27-23-19-15-11-7-3/h47-48,53-56H,5-46H2,1-4H3/t47-,48+,53-,54-/m1/s1. The van der Waals surface area contributed by atoms with Crippen molar-refractivity contribution in [3.63, 3.8) is 0 Å². The molecule has 2 N–H and O–H groups in total. The van der Waals surface area contributed by atoms with Crippen molar-refractivity contribution in [2.24, 2.45) is 0 Å². The molecule has 10 heteroatoms. The summed E-state index contributed by atoms with van der Waals surface area (Å²) in [6, 6.07) is 0. The van der Waals surface area contributed by atoms with Gasteiger partial charge in [0.05, 0.1) is 6.61 Å². The Bertz CT molecular complexity index is 1070. The molecule has 0 aromatic carbocycles. The number of hydrogen-bond acceptors (Lipinski definition) is 10. The summed E-state index contributed by atoms with van der Waals surface area (Å²) in [6.45, 7) is 7.59. The Labute approximate surface area is 393 Å². The molecule has 0 radical (unpaired) electrons. The Morgan fingerprint density at radius 3 is 0.891 bits per heavy atom. The van der Waals surface area contributed by atoms with Crippen LogP contribution < -0.4 is 0 Å². The summed E-state index contributed by atoms with van der Waals surface area (Å²) in [5.41, 5.74) is 0. The van der Waals surface area contributed by atoms with Crippen LogP contribution in [0.3, 0.4) is 0 Å². The lowest BCUT2D eigenvalue weighted by Gasteiger charge is -2.34. The second kappa shape index (κ2) is 47.3. The van der Waals surface area contributed by atoms with E-state index in [4.69, 9.17) is 18.9 Å². The molecule has 0 amide bonds. The summed E-state index contributed by atoms with van der Waals surface area (Å²) in [7, 11) is 0. The molecule has 0 rings (SSSR count). The fourth-order valence-corrected chi connectivity index (χ4v) is 8.24. The van der Waals surface area contributed by atoms with Gasteiger partial charge in [0.2, 0.25) is 0 Å². The first-order valence-corrected chi connectivity index (χ1v) is 27.3. The highest BCUT2D eigenvalue weighted by atomic mass is 16.6. The molecule has 0 aromatic heterocycles. The number of carbonyl (C=O) groups is 4. The number of aliphatic hydroxyl groups is 2. The number of esters is 4. The molecule has 0 bridgehead atoms. The van der Waals surface area contributed by atoms with Crippen LogP contribution in [0.1, 0.15) is 285 Å². The Morgan fingerprint density at radius 1 is 0.344 bits per heavy atom. The van der Waals surface area contributed by atoms with Gasteiger partial charge in [-0.05, 0) is 25.7 Å². The smallest absolute Gasteiger partial charge is 0.306 e. The highest BCUT2D eigenvalue weighted by Gasteiger charge is 2.42. The number of carbonyl (C=O) groups excluding carboxylic acids is 4. The van der Waals surface area contributed by atoms with Crippen LogP contribution in [0.5, 0.6) is 0 Å². The van der Waals surface area contributed by atoms with Gasteiger partial charge in [-0.1, -0.05) is 233 Å². The zero-order valence-electron chi connectivity index (χ0n) is 42.2. The third-order valence-electron chi connectivity index (χ3n) is 12.4. The Hall–Kier alpha value is -2.20.